The molecule has 2 rings (SSSR count). The highest BCUT2D eigenvalue weighted by molar-refractivity contribution is 5.89. The molecule has 5 nitrogen and oxygen atoms in total. The van der Waals surface area contributed by atoms with Crippen LogP contribution in [0.3, 0.4) is 0 Å². The van der Waals surface area contributed by atoms with Gasteiger partial charge in [-0.25, -0.2) is 9.18 Å². The van der Waals surface area contributed by atoms with Gasteiger partial charge >= 0.3 is 5.97 Å². The van der Waals surface area contributed by atoms with E-state index >= 15 is 0 Å². The first-order valence-electron chi connectivity index (χ1n) is 5.95. The predicted octanol–water partition coefficient (Wildman–Crippen LogP) is 2.09. The van der Waals surface area contributed by atoms with Crippen LogP contribution in [0.1, 0.15) is 24.2 Å². The van der Waals surface area contributed by atoms with E-state index < -0.39 is 17.6 Å². The summed E-state index contributed by atoms with van der Waals surface area (Å²) in [4.78, 5) is 10.8. The van der Waals surface area contributed by atoms with Gasteiger partial charge in [-0.1, -0.05) is 0 Å². The van der Waals surface area contributed by atoms with Crippen molar-refractivity contribution in [2.45, 2.75) is 25.7 Å². The first-order valence-corrected chi connectivity index (χ1v) is 5.95. The van der Waals surface area contributed by atoms with Crippen molar-refractivity contribution in [2.24, 2.45) is 0 Å². The van der Waals surface area contributed by atoms with Crippen LogP contribution in [-0.4, -0.2) is 36.1 Å². The van der Waals surface area contributed by atoms with Crippen LogP contribution in [0.5, 0.6) is 0 Å². The molecule has 0 aromatic heterocycles. The third kappa shape index (κ3) is 3.42. The summed E-state index contributed by atoms with van der Waals surface area (Å²) in [5.41, 5.74) is 0.165. The number of carbonyl (C=O) groups is 1. The normalized spacial score (nSPS) is 19.1. The molecule has 0 radical (unpaired) electrons. The van der Waals surface area contributed by atoms with Gasteiger partial charge in [0.25, 0.3) is 0 Å². The Morgan fingerprint density at radius 1 is 1.42 bits per heavy atom. The fourth-order valence-corrected chi connectivity index (χ4v) is 1.79. The van der Waals surface area contributed by atoms with Crippen molar-refractivity contribution in [1.29, 1.82) is 0 Å². The fraction of sp³-hybridized carbons (Fsp3) is 0.462. The summed E-state index contributed by atoms with van der Waals surface area (Å²) in [5.74, 6) is -2.65. The Morgan fingerprint density at radius 3 is 2.63 bits per heavy atom. The zero-order valence-corrected chi connectivity index (χ0v) is 10.8. The average Bonchev–Trinajstić information content (AvgIpc) is 2.34. The van der Waals surface area contributed by atoms with Crippen molar-refractivity contribution in [2.75, 3.05) is 18.5 Å². The quantitative estimate of drug-likeness (QED) is 0.879. The zero-order valence-electron chi connectivity index (χ0n) is 10.8. The third-order valence-electron chi connectivity index (χ3n) is 2.83. The number of benzene rings is 1. The van der Waals surface area contributed by atoms with E-state index in [2.05, 4.69) is 5.32 Å². The van der Waals surface area contributed by atoms with Crippen molar-refractivity contribution in [1.82, 2.24) is 0 Å². The molecule has 0 aliphatic carbocycles. The Morgan fingerprint density at radius 2 is 2.05 bits per heavy atom. The summed E-state index contributed by atoms with van der Waals surface area (Å²) < 4.78 is 24.2. The summed E-state index contributed by atoms with van der Waals surface area (Å²) in [6.45, 7) is 4.52. The van der Waals surface area contributed by atoms with Crippen LogP contribution >= 0.6 is 0 Å². The molecule has 1 aromatic carbocycles. The second-order valence-corrected chi connectivity index (χ2v) is 4.86. The van der Waals surface area contributed by atoms with E-state index in [0.29, 0.717) is 18.9 Å². The lowest BCUT2D eigenvalue weighted by molar-refractivity contribution is -0.247. The van der Waals surface area contributed by atoms with Gasteiger partial charge < -0.3 is 19.9 Å². The smallest absolute Gasteiger partial charge is 0.338 e. The minimum atomic E-state index is -1.29. The molecule has 1 aromatic rings. The van der Waals surface area contributed by atoms with Gasteiger partial charge in [-0.05, 0) is 32.0 Å². The van der Waals surface area contributed by atoms with Crippen LogP contribution in [0.4, 0.5) is 10.1 Å². The highest BCUT2D eigenvalue weighted by atomic mass is 19.1. The Hall–Kier alpha value is -1.66. The van der Waals surface area contributed by atoms with E-state index in [0.717, 1.165) is 6.07 Å². The van der Waals surface area contributed by atoms with E-state index in [9.17, 15) is 9.18 Å². The molecular weight excluding hydrogens is 253 g/mol. The summed E-state index contributed by atoms with van der Waals surface area (Å²) >= 11 is 0. The highest BCUT2D eigenvalue weighted by Crippen LogP contribution is 2.21. The van der Waals surface area contributed by atoms with Crippen molar-refractivity contribution in [3.8, 4) is 0 Å². The summed E-state index contributed by atoms with van der Waals surface area (Å²) in [6, 6.07) is 3.78. The van der Waals surface area contributed by atoms with Gasteiger partial charge in [0.15, 0.2) is 5.79 Å². The Kier molecular flexibility index (Phi) is 3.73. The first-order chi connectivity index (χ1) is 8.87. The number of aromatic carboxylic acids is 1. The Bertz CT molecular complexity index is 480. The van der Waals surface area contributed by atoms with Crippen LogP contribution in [0.2, 0.25) is 0 Å². The molecule has 1 aliphatic heterocycles. The van der Waals surface area contributed by atoms with E-state index in [1.807, 2.05) is 13.8 Å². The number of ether oxygens (including phenoxy) is 2. The van der Waals surface area contributed by atoms with Crippen molar-refractivity contribution in [3.05, 3.63) is 29.6 Å². The molecule has 1 heterocycles. The second kappa shape index (κ2) is 5.14. The van der Waals surface area contributed by atoms with Crippen molar-refractivity contribution >= 4 is 11.7 Å². The monoisotopic (exact) mass is 269 g/mol. The molecule has 0 amide bonds. The molecule has 1 saturated heterocycles. The van der Waals surface area contributed by atoms with Crippen molar-refractivity contribution in [3.63, 3.8) is 0 Å². The van der Waals surface area contributed by atoms with Gasteiger partial charge in [-0.2, -0.15) is 0 Å². The number of anilines is 1. The van der Waals surface area contributed by atoms with Gasteiger partial charge in [0.1, 0.15) is 5.82 Å². The molecule has 0 saturated carbocycles. The van der Waals surface area contributed by atoms with Gasteiger partial charge in [0, 0.05) is 5.69 Å². The number of carboxylic acid groups (broad SMARTS) is 1. The second-order valence-electron chi connectivity index (χ2n) is 4.86. The zero-order chi connectivity index (χ0) is 14.0. The summed E-state index contributed by atoms with van der Waals surface area (Å²) in [7, 11) is 0. The number of hydrogen-bond acceptors (Lipinski definition) is 4. The number of hydrogen-bond donors (Lipinski definition) is 2. The maximum absolute atomic E-state index is 13.2. The minimum Gasteiger partial charge on any atom is -0.478 e. The Balaban J connectivity index is 2.04. The molecule has 19 heavy (non-hydrogen) atoms. The number of nitrogens with one attached hydrogen (secondary N) is 1. The molecule has 104 valence electrons. The Labute approximate surface area is 110 Å². The molecule has 6 heteroatoms. The molecule has 2 N–H and O–H groups in total. The van der Waals surface area contributed by atoms with E-state index in [4.69, 9.17) is 14.6 Å². The average molecular weight is 269 g/mol. The molecule has 0 bridgehead atoms. The maximum atomic E-state index is 13.2. The molecule has 1 fully saturated rings. The lowest BCUT2D eigenvalue weighted by atomic mass is 10.1. The SMILES string of the molecule is CC1(C)OCC(Nc2ccc(F)c(C(=O)O)c2)CO1. The lowest BCUT2D eigenvalue weighted by Gasteiger charge is -2.35. The van der Waals surface area contributed by atoms with Gasteiger partial charge in [0.05, 0.1) is 24.8 Å². The first kappa shape index (κ1) is 13.8. The van der Waals surface area contributed by atoms with Crippen LogP contribution < -0.4 is 5.32 Å². The molecule has 0 unspecified atom stereocenters. The maximum Gasteiger partial charge on any atom is 0.338 e. The third-order valence-corrected chi connectivity index (χ3v) is 2.83. The van der Waals surface area contributed by atoms with E-state index in [1.54, 1.807) is 0 Å². The van der Waals surface area contributed by atoms with Crippen LogP contribution in [0, 0.1) is 5.82 Å². The van der Waals surface area contributed by atoms with Crippen LogP contribution in [0.25, 0.3) is 0 Å². The largest absolute Gasteiger partial charge is 0.478 e. The molecular formula is C13H16FNO4. The predicted molar refractivity (Wildman–Crippen MR) is 66.8 cm³/mol. The number of rotatable bonds is 3. The van der Waals surface area contributed by atoms with Gasteiger partial charge in [0.2, 0.25) is 0 Å². The molecule has 0 atom stereocenters. The molecule has 0 spiro atoms. The minimum absolute atomic E-state index is 0.0971. The lowest BCUT2D eigenvalue weighted by Crippen LogP contribution is -2.45. The summed E-state index contributed by atoms with van der Waals surface area (Å²) in [5, 5.41) is 11.9. The standard InChI is InChI=1S/C13H16FNO4/c1-13(2)18-6-9(7-19-13)15-8-3-4-11(14)10(5-8)12(16)17/h3-5,9,15H,6-7H2,1-2H3,(H,16,17). The van der Waals surface area contributed by atoms with Gasteiger partial charge in [-0.3, -0.25) is 0 Å². The summed E-state index contributed by atoms with van der Waals surface area (Å²) in [6.07, 6.45) is 0. The van der Waals surface area contributed by atoms with Gasteiger partial charge in [-0.15, -0.1) is 0 Å². The van der Waals surface area contributed by atoms with Crippen LogP contribution in [-0.2, 0) is 9.47 Å². The fourth-order valence-electron chi connectivity index (χ4n) is 1.79. The molecule has 1 aliphatic rings. The van der Waals surface area contributed by atoms with E-state index in [-0.39, 0.29) is 11.6 Å². The van der Waals surface area contributed by atoms with E-state index in [1.165, 1.54) is 12.1 Å². The van der Waals surface area contributed by atoms with Crippen molar-refractivity contribution < 1.29 is 23.8 Å². The topological polar surface area (TPSA) is 67.8 Å². The van der Waals surface area contributed by atoms with Crippen LogP contribution in [0.15, 0.2) is 18.2 Å². The highest BCUT2D eigenvalue weighted by Gasteiger charge is 2.28. The number of halogens is 1. The number of carboxylic acids is 1.